The van der Waals surface area contributed by atoms with E-state index in [-0.39, 0.29) is 0 Å². The maximum Gasteiger partial charge on any atom is 0.103 e. The summed E-state index contributed by atoms with van der Waals surface area (Å²) in [7, 11) is 0. The molecule has 3 heterocycles. The molecule has 0 saturated carbocycles. The summed E-state index contributed by atoms with van der Waals surface area (Å²) >= 11 is 0. The van der Waals surface area contributed by atoms with Crippen LogP contribution in [0.2, 0.25) is 0 Å². The third-order valence-corrected chi connectivity index (χ3v) is 4.18. The maximum absolute atomic E-state index is 4.68. The van der Waals surface area contributed by atoms with Gasteiger partial charge in [0.15, 0.2) is 0 Å². The molecule has 1 N–H and O–H groups in total. The van der Waals surface area contributed by atoms with Crippen LogP contribution in [0.25, 0.3) is 22.6 Å². The first-order chi connectivity index (χ1) is 12.3. The van der Waals surface area contributed by atoms with Crippen LogP contribution < -0.4 is 0 Å². The smallest absolute Gasteiger partial charge is 0.103 e. The van der Waals surface area contributed by atoms with Crippen molar-refractivity contribution in [3.05, 3.63) is 78.8 Å². The Labute approximate surface area is 146 Å². The van der Waals surface area contributed by atoms with Crippen LogP contribution in [0.5, 0.6) is 0 Å². The minimum Gasteiger partial charge on any atom is -0.341 e. The third-order valence-electron chi connectivity index (χ3n) is 4.18. The van der Waals surface area contributed by atoms with Gasteiger partial charge in [-0.05, 0) is 19.1 Å². The zero-order valence-corrected chi connectivity index (χ0v) is 14.1. The Morgan fingerprint density at radius 3 is 2.52 bits per heavy atom. The molecule has 124 valence electrons. The number of pyridine rings is 1. The minimum absolute atomic E-state index is 0.810. The molecule has 4 aromatic rings. The van der Waals surface area contributed by atoms with E-state index < -0.39 is 0 Å². The SMILES string of the molecule is Cc1ncc(-c2c(-c3ccccc3)ncn2CCc2ccccn2)[nH]1. The van der Waals surface area contributed by atoms with E-state index in [4.69, 9.17) is 0 Å². The van der Waals surface area contributed by atoms with Crippen molar-refractivity contribution < 1.29 is 0 Å². The Hall–Kier alpha value is -3.21. The first-order valence-corrected chi connectivity index (χ1v) is 8.34. The third kappa shape index (κ3) is 3.21. The van der Waals surface area contributed by atoms with Crippen LogP contribution in [-0.2, 0) is 13.0 Å². The quantitative estimate of drug-likeness (QED) is 0.604. The number of aromatic nitrogens is 5. The van der Waals surface area contributed by atoms with E-state index in [1.54, 1.807) is 0 Å². The Morgan fingerprint density at radius 2 is 1.80 bits per heavy atom. The standard InChI is InChI=1S/C20H19N5/c1-15-22-13-18(24-15)20-19(16-7-3-2-4-8-16)23-14-25(20)12-10-17-9-5-6-11-21-17/h2-9,11,13-14H,10,12H2,1H3,(H,22,24). The van der Waals surface area contributed by atoms with Crippen LogP contribution in [0, 0.1) is 6.92 Å². The monoisotopic (exact) mass is 329 g/mol. The molecule has 5 heteroatoms. The van der Waals surface area contributed by atoms with E-state index in [0.29, 0.717) is 0 Å². The maximum atomic E-state index is 4.68. The minimum atomic E-state index is 0.810. The Morgan fingerprint density at radius 1 is 0.960 bits per heavy atom. The average Bonchev–Trinajstić information content (AvgIpc) is 3.27. The molecule has 0 aliphatic rings. The van der Waals surface area contributed by atoms with E-state index in [2.05, 4.69) is 42.7 Å². The number of hydrogen-bond donors (Lipinski definition) is 1. The van der Waals surface area contributed by atoms with E-state index >= 15 is 0 Å². The van der Waals surface area contributed by atoms with E-state index in [1.807, 2.05) is 56.0 Å². The number of rotatable bonds is 5. The topological polar surface area (TPSA) is 59.4 Å². The molecule has 0 unspecified atom stereocenters. The van der Waals surface area contributed by atoms with Crippen molar-refractivity contribution in [2.45, 2.75) is 19.9 Å². The lowest BCUT2D eigenvalue weighted by Crippen LogP contribution is -2.03. The highest BCUT2D eigenvalue weighted by Crippen LogP contribution is 2.30. The summed E-state index contributed by atoms with van der Waals surface area (Å²) in [5, 5.41) is 0. The molecule has 0 bridgehead atoms. The van der Waals surface area contributed by atoms with Gasteiger partial charge in [-0.3, -0.25) is 4.98 Å². The van der Waals surface area contributed by atoms with Gasteiger partial charge in [0.05, 0.1) is 29.6 Å². The van der Waals surface area contributed by atoms with Gasteiger partial charge in [-0.15, -0.1) is 0 Å². The van der Waals surface area contributed by atoms with Gasteiger partial charge in [-0.1, -0.05) is 36.4 Å². The van der Waals surface area contributed by atoms with Crippen molar-refractivity contribution >= 4 is 0 Å². The molecule has 25 heavy (non-hydrogen) atoms. The number of nitrogens with zero attached hydrogens (tertiary/aromatic N) is 4. The summed E-state index contributed by atoms with van der Waals surface area (Å²) in [5.41, 5.74) is 5.17. The number of H-pyrrole nitrogens is 1. The zero-order chi connectivity index (χ0) is 17.1. The number of hydrogen-bond acceptors (Lipinski definition) is 3. The van der Waals surface area contributed by atoms with Gasteiger partial charge in [0.2, 0.25) is 0 Å². The van der Waals surface area contributed by atoms with Crippen molar-refractivity contribution in [2.24, 2.45) is 0 Å². The molecule has 0 radical (unpaired) electrons. The van der Waals surface area contributed by atoms with Crippen LogP contribution >= 0.6 is 0 Å². The van der Waals surface area contributed by atoms with E-state index in [9.17, 15) is 0 Å². The van der Waals surface area contributed by atoms with Crippen molar-refractivity contribution in [2.75, 3.05) is 0 Å². The van der Waals surface area contributed by atoms with Crippen LogP contribution in [0.15, 0.2) is 67.3 Å². The van der Waals surface area contributed by atoms with Crippen molar-refractivity contribution in [3.8, 4) is 22.6 Å². The normalized spacial score (nSPS) is 10.9. The molecule has 3 aromatic heterocycles. The summed E-state index contributed by atoms with van der Waals surface area (Å²) in [5.74, 6) is 0.895. The fraction of sp³-hybridized carbons (Fsp3) is 0.150. The lowest BCUT2D eigenvalue weighted by Gasteiger charge is -2.09. The Balaban J connectivity index is 1.73. The molecule has 0 amide bonds. The first kappa shape index (κ1) is 15.3. The Kier molecular flexibility index (Phi) is 4.12. The first-order valence-electron chi connectivity index (χ1n) is 8.34. The summed E-state index contributed by atoms with van der Waals surface area (Å²) < 4.78 is 2.17. The molecule has 5 nitrogen and oxygen atoms in total. The molecule has 0 saturated heterocycles. The molecule has 0 aliphatic carbocycles. The predicted octanol–water partition coefficient (Wildman–Crippen LogP) is 3.89. The highest BCUT2D eigenvalue weighted by molar-refractivity contribution is 5.76. The number of aromatic amines is 1. The van der Waals surface area contributed by atoms with Crippen LogP contribution in [0.1, 0.15) is 11.5 Å². The fourth-order valence-corrected chi connectivity index (χ4v) is 2.96. The molecule has 0 atom stereocenters. The van der Waals surface area contributed by atoms with Gasteiger partial charge in [-0.2, -0.15) is 0 Å². The highest BCUT2D eigenvalue weighted by Gasteiger charge is 2.16. The van der Waals surface area contributed by atoms with Gasteiger partial charge < -0.3 is 9.55 Å². The fourth-order valence-electron chi connectivity index (χ4n) is 2.96. The van der Waals surface area contributed by atoms with Crippen LogP contribution in [-0.4, -0.2) is 24.5 Å². The lowest BCUT2D eigenvalue weighted by atomic mass is 10.1. The molecular weight excluding hydrogens is 310 g/mol. The van der Waals surface area contributed by atoms with Crippen molar-refractivity contribution in [1.82, 2.24) is 24.5 Å². The summed E-state index contributed by atoms with van der Waals surface area (Å²) in [6.45, 7) is 2.77. The number of aryl methyl sites for hydroxylation is 3. The number of benzene rings is 1. The number of imidazole rings is 2. The van der Waals surface area contributed by atoms with Gasteiger partial charge in [0, 0.05) is 30.4 Å². The van der Waals surface area contributed by atoms with Gasteiger partial charge in [0.1, 0.15) is 5.82 Å². The molecular formula is C20H19N5. The van der Waals surface area contributed by atoms with E-state index in [0.717, 1.165) is 47.1 Å². The zero-order valence-electron chi connectivity index (χ0n) is 14.1. The van der Waals surface area contributed by atoms with Crippen molar-refractivity contribution in [3.63, 3.8) is 0 Å². The highest BCUT2D eigenvalue weighted by atomic mass is 15.1. The van der Waals surface area contributed by atoms with Gasteiger partial charge in [0.25, 0.3) is 0 Å². The van der Waals surface area contributed by atoms with E-state index in [1.165, 1.54) is 0 Å². The van der Waals surface area contributed by atoms with Crippen molar-refractivity contribution in [1.29, 1.82) is 0 Å². The second-order valence-corrected chi connectivity index (χ2v) is 5.95. The van der Waals surface area contributed by atoms with Gasteiger partial charge >= 0.3 is 0 Å². The Bertz CT molecular complexity index is 954. The summed E-state index contributed by atoms with van der Waals surface area (Å²) in [6, 6.07) is 16.2. The summed E-state index contributed by atoms with van der Waals surface area (Å²) in [6.07, 6.45) is 6.45. The number of nitrogens with one attached hydrogen (secondary N) is 1. The average molecular weight is 329 g/mol. The van der Waals surface area contributed by atoms with Gasteiger partial charge in [-0.25, -0.2) is 9.97 Å². The largest absolute Gasteiger partial charge is 0.341 e. The summed E-state index contributed by atoms with van der Waals surface area (Å²) in [4.78, 5) is 16.8. The molecule has 4 rings (SSSR count). The molecule has 1 aromatic carbocycles. The lowest BCUT2D eigenvalue weighted by molar-refractivity contribution is 0.689. The van der Waals surface area contributed by atoms with Crippen LogP contribution in [0.4, 0.5) is 0 Å². The second-order valence-electron chi connectivity index (χ2n) is 5.95. The second kappa shape index (κ2) is 6.73. The molecule has 0 spiro atoms. The molecule has 0 aliphatic heterocycles. The predicted molar refractivity (Wildman–Crippen MR) is 97.9 cm³/mol. The molecule has 0 fully saturated rings. The van der Waals surface area contributed by atoms with Crippen LogP contribution in [0.3, 0.4) is 0 Å².